The fraction of sp³-hybridized carbons (Fsp3) is 0.176. The SMILES string of the molecule is COc1cc(OC)c([N+](=O)[O-])cc1/C=N\NC(=O)[C@H](O)c1ccccc1. The van der Waals surface area contributed by atoms with Crippen LogP contribution < -0.4 is 14.9 Å². The zero-order valence-electron chi connectivity index (χ0n) is 14.1. The van der Waals surface area contributed by atoms with E-state index in [9.17, 15) is 20.0 Å². The van der Waals surface area contributed by atoms with E-state index in [1.165, 1.54) is 32.6 Å². The van der Waals surface area contributed by atoms with Gasteiger partial charge in [-0.15, -0.1) is 0 Å². The smallest absolute Gasteiger partial charge is 0.311 e. The molecule has 2 aromatic carbocycles. The molecule has 136 valence electrons. The van der Waals surface area contributed by atoms with Crippen molar-refractivity contribution in [1.82, 2.24) is 5.43 Å². The number of rotatable bonds is 7. The van der Waals surface area contributed by atoms with E-state index in [-0.39, 0.29) is 22.7 Å². The molecule has 0 aromatic heterocycles. The Morgan fingerprint density at radius 3 is 2.46 bits per heavy atom. The van der Waals surface area contributed by atoms with Gasteiger partial charge in [-0.2, -0.15) is 5.10 Å². The first-order chi connectivity index (χ1) is 12.5. The third-order valence-corrected chi connectivity index (χ3v) is 3.47. The summed E-state index contributed by atoms with van der Waals surface area (Å²) in [5.41, 5.74) is 2.58. The van der Waals surface area contributed by atoms with Crippen LogP contribution in [-0.2, 0) is 4.79 Å². The van der Waals surface area contributed by atoms with Crippen LogP contribution in [0.5, 0.6) is 11.5 Å². The maximum Gasteiger partial charge on any atom is 0.311 e. The number of nitrogens with one attached hydrogen (secondary N) is 1. The van der Waals surface area contributed by atoms with Gasteiger partial charge in [-0.25, -0.2) is 5.43 Å². The van der Waals surface area contributed by atoms with E-state index in [4.69, 9.17) is 9.47 Å². The molecule has 0 fully saturated rings. The Labute approximate surface area is 149 Å². The van der Waals surface area contributed by atoms with Crippen LogP contribution in [0.25, 0.3) is 0 Å². The Morgan fingerprint density at radius 2 is 1.88 bits per heavy atom. The maximum atomic E-state index is 11.9. The maximum absolute atomic E-state index is 11.9. The molecule has 0 spiro atoms. The highest BCUT2D eigenvalue weighted by molar-refractivity contribution is 5.88. The van der Waals surface area contributed by atoms with Gasteiger partial charge in [-0.1, -0.05) is 30.3 Å². The summed E-state index contributed by atoms with van der Waals surface area (Å²) in [6.45, 7) is 0. The van der Waals surface area contributed by atoms with Gasteiger partial charge in [-0.05, 0) is 5.56 Å². The highest BCUT2D eigenvalue weighted by Crippen LogP contribution is 2.33. The summed E-state index contributed by atoms with van der Waals surface area (Å²) in [4.78, 5) is 22.4. The Hall–Kier alpha value is -3.46. The van der Waals surface area contributed by atoms with Crippen LogP contribution in [0.1, 0.15) is 17.2 Å². The Bertz CT molecular complexity index is 823. The molecule has 2 rings (SSSR count). The number of amides is 1. The number of benzene rings is 2. The molecular weight excluding hydrogens is 342 g/mol. The van der Waals surface area contributed by atoms with E-state index in [0.29, 0.717) is 5.56 Å². The number of methoxy groups -OCH3 is 2. The number of hydrogen-bond acceptors (Lipinski definition) is 7. The van der Waals surface area contributed by atoms with Gasteiger partial charge >= 0.3 is 5.69 Å². The number of aliphatic hydroxyl groups excluding tert-OH is 1. The van der Waals surface area contributed by atoms with Gasteiger partial charge < -0.3 is 14.6 Å². The van der Waals surface area contributed by atoms with Gasteiger partial charge in [-0.3, -0.25) is 14.9 Å². The molecule has 9 nitrogen and oxygen atoms in total. The van der Waals surface area contributed by atoms with Crippen molar-refractivity contribution in [3.63, 3.8) is 0 Å². The van der Waals surface area contributed by atoms with Crippen molar-refractivity contribution < 1.29 is 24.3 Å². The minimum Gasteiger partial charge on any atom is -0.496 e. The van der Waals surface area contributed by atoms with Gasteiger partial charge in [0.2, 0.25) is 5.75 Å². The van der Waals surface area contributed by atoms with Gasteiger partial charge in [0.1, 0.15) is 5.75 Å². The number of hydrazone groups is 1. The predicted molar refractivity (Wildman–Crippen MR) is 93.3 cm³/mol. The quantitative estimate of drug-likeness (QED) is 0.441. The fourth-order valence-electron chi connectivity index (χ4n) is 2.16. The Kier molecular flexibility index (Phi) is 6.23. The van der Waals surface area contributed by atoms with Crippen molar-refractivity contribution in [2.45, 2.75) is 6.10 Å². The van der Waals surface area contributed by atoms with Crippen molar-refractivity contribution >= 4 is 17.8 Å². The summed E-state index contributed by atoms with van der Waals surface area (Å²) in [5.74, 6) is -0.434. The molecule has 1 amide bonds. The summed E-state index contributed by atoms with van der Waals surface area (Å²) < 4.78 is 10.1. The van der Waals surface area contributed by atoms with Crippen LogP contribution in [0.15, 0.2) is 47.6 Å². The fourth-order valence-corrected chi connectivity index (χ4v) is 2.16. The molecule has 1 atom stereocenters. The van der Waals surface area contributed by atoms with Crippen molar-refractivity contribution in [2.75, 3.05) is 14.2 Å². The molecule has 26 heavy (non-hydrogen) atoms. The largest absolute Gasteiger partial charge is 0.496 e. The summed E-state index contributed by atoms with van der Waals surface area (Å²) in [5, 5.41) is 24.8. The topological polar surface area (TPSA) is 123 Å². The molecule has 0 heterocycles. The van der Waals surface area contributed by atoms with Crippen LogP contribution in [0, 0.1) is 10.1 Å². The van der Waals surface area contributed by atoms with Crippen LogP contribution in [0.3, 0.4) is 0 Å². The van der Waals surface area contributed by atoms with Crippen LogP contribution in [0.4, 0.5) is 5.69 Å². The third kappa shape index (κ3) is 4.33. The number of carbonyl (C=O) groups is 1. The van der Waals surface area contributed by atoms with E-state index in [1.807, 2.05) is 0 Å². The summed E-state index contributed by atoms with van der Waals surface area (Å²) >= 11 is 0. The second-order valence-electron chi connectivity index (χ2n) is 5.07. The molecule has 0 radical (unpaired) electrons. The summed E-state index contributed by atoms with van der Waals surface area (Å²) in [6, 6.07) is 10.9. The molecular formula is C17H17N3O6. The standard InChI is InChI=1S/C17H17N3O6/c1-25-14-9-15(26-2)13(20(23)24)8-12(14)10-18-19-17(22)16(21)11-6-4-3-5-7-11/h3-10,16,21H,1-2H3,(H,19,22)/b18-10-/t16-/m1/s1. The summed E-state index contributed by atoms with van der Waals surface area (Å²) in [7, 11) is 2.69. The first-order valence-corrected chi connectivity index (χ1v) is 7.44. The lowest BCUT2D eigenvalue weighted by Crippen LogP contribution is -2.25. The predicted octanol–water partition coefficient (Wildman–Crippen LogP) is 1.80. The number of nitrogens with zero attached hydrogens (tertiary/aromatic N) is 2. The number of nitro groups is 1. The van der Waals surface area contributed by atoms with E-state index >= 15 is 0 Å². The second-order valence-corrected chi connectivity index (χ2v) is 5.07. The van der Waals surface area contributed by atoms with Crippen LogP contribution in [-0.4, -0.2) is 36.4 Å². The monoisotopic (exact) mass is 359 g/mol. The molecule has 0 aliphatic rings. The average molecular weight is 359 g/mol. The second kappa shape index (κ2) is 8.58. The van der Waals surface area contributed by atoms with Gasteiger partial charge in [0, 0.05) is 17.7 Å². The van der Waals surface area contributed by atoms with E-state index < -0.39 is 16.9 Å². The lowest BCUT2D eigenvalue weighted by atomic mass is 10.1. The average Bonchev–Trinajstić information content (AvgIpc) is 2.67. The zero-order chi connectivity index (χ0) is 19.1. The van der Waals surface area contributed by atoms with E-state index in [0.717, 1.165) is 0 Å². The molecule has 2 N–H and O–H groups in total. The van der Waals surface area contributed by atoms with Gasteiger partial charge in [0.25, 0.3) is 5.91 Å². The van der Waals surface area contributed by atoms with Crippen molar-refractivity contribution in [2.24, 2.45) is 5.10 Å². The van der Waals surface area contributed by atoms with Crippen LogP contribution >= 0.6 is 0 Å². The van der Waals surface area contributed by atoms with E-state index in [2.05, 4.69) is 10.5 Å². The van der Waals surface area contributed by atoms with Gasteiger partial charge in [0.05, 0.1) is 25.4 Å². The lowest BCUT2D eigenvalue weighted by molar-refractivity contribution is -0.385. The van der Waals surface area contributed by atoms with Crippen molar-refractivity contribution in [3.8, 4) is 11.5 Å². The summed E-state index contributed by atoms with van der Waals surface area (Å²) in [6.07, 6.45) is -0.207. The number of hydrogen-bond donors (Lipinski definition) is 2. The molecule has 9 heteroatoms. The normalized spacial score (nSPS) is 11.8. The Morgan fingerprint density at radius 1 is 1.23 bits per heavy atom. The van der Waals surface area contributed by atoms with Crippen LogP contribution in [0.2, 0.25) is 0 Å². The molecule has 0 bridgehead atoms. The molecule has 2 aromatic rings. The number of nitro benzene ring substituents is 1. The third-order valence-electron chi connectivity index (χ3n) is 3.47. The number of carbonyl (C=O) groups excluding carboxylic acids is 1. The van der Waals surface area contributed by atoms with Crippen molar-refractivity contribution in [3.05, 3.63) is 63.7 Å². The first kappa shape index (κ1) is 18.9. The molecule has 0 saturated carbocycles. The highest BCUT2D eigenvalue weighted by atomic mass is 16.6. The Balaban J connectivity index is 2.18. The lowest BCUT2D eigenvalue weighted by Gasteiger charge is -2.09. The number of ether oxygens (including phenoxy) is 2. The highest BCUT2D eigenvalue weighted by Gasteiger charge is 2.19. The number of aliphatic hydroxyl groups is 1. The van der Waals surface area contributed by atoms with Gasteiger partial charge in [0.15, 0.2) is 6.10 Å². The first-order valence-electron chi connectivity index (χ1n) is 7.44. The zero-order valence-corrected chi connectivity index (χ0v) is 14.1. The minimum atomic E-state index is -1.39. The molecule has 0 saturated heterocycles. The molecule has 0 unspecified atom stereocenters. The van der Waals surface area contributed by atoms with E-state index in [1.54, 1.807) is 30.3 Å². The molecule has 0 aliphatic carbocycles. The molecule has 0 aliphatic heterocycles. The van der Waals surface area contributed by atoms with Crippen molar-refractivity contribution in [1.29, 1.82) is 0 Å². The minimum absolute atomic E-state index is 0.0348.